The summed E-state index contributed by atoms with van der Waals surface area (Å²) in [6.07, 6.45) is 0. The van der Waals surface area contributed by atoms with Crippen LogP contribution in [0, 0.1) is 17.0 Å². The molecular formula is C11H15F2N. The van der Waals surface area contributed by atoms with Crippen LogP contribution >= 0.6 is 0 Å². The van der Waals surface area contributed by atoms with E-state index in [-0.39, 0.29) is 11.1 Å². The van der Waals surface area contributed by atoms with Crippen LogP contribution in [0.3, 0.4) is 0 Å². The van der Waals surface area contributed by atoms with Crippen LogP contribution in [0.5, 0.6) is 0 Å². The zero-order valence-electron chi connectivity index (χ0n) is 8.70. The lowest BCUT2D eigenvalue weighted by Crippen LogP contribution is -2.19. The average molecular weight is 199 g/mol. The fourth-order valence-electron chi connectivity index (χ4n) is 1.00. The van der Waals surface area contributed by atoms with E-state index in [0.29, 0.717) is 6.54 Å². The Balaban J connectivity index is 2.73. The number of benzene rings is 1. The summed E-state index contributed by atoms with van der Waals surface area (Å²) in [6, 6.07) is 4.13. The Bertz CT molecular complexity index is 316. The van der Waals surface area contributed by atoms with Gasteiger partial charge in [-0.2, -0.15) is 0 Å². The van der Waals surface area contributed by atoms with Crippen LogP contribution in [-0.2, 0) is 0 Å². The molecule has 0 aromatic heterocycles. The molecule has 0 atom stereocenters. The van der Waals surface area contributed by atoms with Crippen LogP contribution in [0.1, 0.15) is 20.8 Å². The van der Waals surface area contributed by atoms with Gasteiger partial charge in [0.15, 0.2) is 11.6 Å². The first-order valence-corrected chi connectivity index (χ1v) is 4.58. The summed E-state index contributed by atoms with van der Waals surface area (Å²) in [5.41, 5.74) is 0.263. The zero-order valence-corrected chi connectivity index (χ0v) is 8.70. The van der Waals surface area contributed by atoms with E-state index in [9.17, 15) is 8.78 Å². The van der Waals surface area contributed by atoms with Crippen molar-refractivity contribution in [3.05, 3.63) is 29.8 Å². The van der Waals surface area contributed by atoms with Crippen molar-refractivity contribution in [2.45, 2.75) is 20.8 Å². The number of nitrogens with one attached hydrogen (secondary N) is 1. The van der Waals surface area contributed by atoms with Crippen LogP contribution in [0.15, 0.2) is 18.2 Å². The predicted octanol–water partition coefficient (Wildman–Crippen LogP) is 3.42. The van der Waals surface area contributed by atoms with Crippen LogP contribution in [0.4, 0.5) is 14.5 Å². The minimum Gasteiger partial charge on any atom is -0.382 e. The quantitative estimate of drug-likeness (QED) is 0.769. The van der Waals surface area contributed by atoms with Crippen molar-refractivity contribution in [1.82, 2.24) is 0 Å². The van der Waals surface area contributed by atoms with Gasteiger partial charge in [-0.15, -0.1) is 0 Å². The van der Waals surface area contributed by atoms with E-state index in [1.807, 2.05) is 20.8 Å². The predicted molar refractivity (Wildman–Crippen MR) is 54.3 cm³/mol. The highest BCUT2D eigenvalue weighted by atomic mass is 19.2. The topological polar surface area (TPSA) is 12.0 Å². The molecule has 0 bridgehead atoms. The summed E-state index contributed by atoms with van der Waals surface area (Å²) in [5.74, 6) is -1.62. The molecule has 1 nitrogen and oxygen atoms in total. The van der Waals surface area contributed by atoms with Crippen molar-refractivity contribution in [1.29, 1.82) is 0 Å². The summed E-state index contributed by atoms with van der Waals surface area (Å²) in [6.45, 7) is 6.68. The molecule has 0 aliphatic carbocycles. The van der Waals surface area contributed by atoms with E-state index >= 15 is 0 Å². The van der Waals surface area contributed by atoms with E-state index in [2.05, 4.69) is 5.32 Å². The molecule has 0 radical (unpaired) electrons. The standard InChI is InChI=1S/C11H15F2N/c1-11(2,3)7-14-9-6-4-5-8(12)10(9)13/h4-6,14H,7H2,1-3H3. The van der Waals surface area contributed by atoms with Gasteiger partial charge in [-0.25, -0.2) is 8.78 Å². The first-order valence-electron chi connectivity index (χ1n) is 4.58. The molecule has 1 N–H and O–H groups in total. The number of hydrogen-bond acceptors (Lipinski definition) is 1. The van der Waals surface area contributed by atoms with Gasteiger partial charge in [0, 0.05) is 6.54 Å². The normalized spacial score (nSPS) is 11.5. The molecule has 0 saturated heterocycles. The second-order valence-corrected chi connectivity index (χ2v) is 4.52. The number of rotatable bonds is 2. The maximum absolute atomic E-state index is 13.1. The molecule has 14 heavy (non-hydrogen) atoms. The van der Waals surface area contributed by atoms with Gasteiger partial charge < -0.3 is 5.32 Å². The average Bonchev–Trinajstić information content (AvgIpc) is 2.06. The molecule has 3 heteroatoms. The summed E-state index contributed by atoms with van der Waals surface area (Å²) in [4.78, 5) is 0. The fourth-order valence-corrected chi connectivity index (χ4v) is 1.00. The van der Waals surface area contributed by atoms with E-state index < -0.39 is 11.6 Å². The Morgan fingerprint density at radius 2 is 1.86 bits per heavy atom. The van der Waals surface area contributed by atoms with Crippen molar-refractivity contribution in [3.63, 3.8) is 0 Å². The molecule has 0 heterocycles. The smallest absolute Gasteiger partial charge is 0.181 e. The van der Waals surface area contributed by atoms with Crippen molar-refractivity contribution >= 4 is 5.69 Å². The van der Waals surface area contributed by atoms with Crippen LogP contribution in [-0.4, -0.2) is 6.54 Å². The monoisotopic (exact) mass is 199 g/mol. The molecule has 1 aromatic carbocycles. The van der Waals surface area contributed by atoms with E-state index in [4.69, 9.17) is 0 Å². The third kappa shape index (κ3) is 2.98. The Labute approximate surface area is 83.1 Å². The Morgan fingerprint density at radius 3 is 2.43 bits per heavy atom. The van der Waals surface area contributed by atoms with Gasteiger partial charge in [0.05, 0.1) is 5.69 Å². The minimum atomic E-state index is -0.816. The molecule has 1 rings (SSSR count). The molecule has 78 valence electrons. The molecule has 0 unspecified atom stereocenters. The molecule has 0 aliphatic heterocycles. The van der Waals surface area contributed by atoms with Crippen molar-refractivity contribution in [2.75, 3.05) is 11.9 Å². The first kappa shape index (κ1) is 11.0. The molecule has 0 spiro atoms. The van der Waals surface area contributed by atoms with Gasteiger partial charge in [0.2, 0.25) is 0 Å². The summed E-state index contributed by atoms with van der Waals surface area (Å²) < 4.78 is 25.9. The van der Waals surface area contributed by atoms with Crippen LogP contribution < -0.4 is 5.32 Å². The zero-order chi connectivity index (χ0) is 10.8. The minimum absolute atomic E-state index is 0.0404. The number of hydrogen-bond donors (Lipinski definition) is 1. The van der Waals surface area contributed by atoms with Gasteiger partial charge in [0.25, 0.3) is 0 Å². The molecular weight excluding hydrogens is 184 g/mol. The highest BCUT2D eigenvalue weighted by molar-refractivity contribution is 5.45. The lowest BCUT2D eigenvalue weighted by atomic mass is 9.97. The van der Waals surface area contributed by atoms with E-state index in [0.717, 1.165) is 6.07 Å². The molecule has 0 aliphatic rings. The maximum Gasteiger partial charge on any atom is 0.181 e. The molecule has 0 saturated carbocycles. The highest BCUT2D eigenvalue weighted by Crippen LogP contribution is 2.19. The number of anilines is 1. The van der Waals surface area contributed by atoms with Gasteiger partial charge in [-0.05, 0) is 17.5 Å². The lowest BCUT2D eigenvalue weighted by molar-refractivity contribution is 0.440. The molecule has 1 aromatic rings. The third-order valence-electron chi connectivity index (χ3n) is 1.76. The summed E-state index contributed by atoms with van der Waals surface area (Å²) in [7, 11) is 0. The third-order valence-corrected chi connectivity index (χ3v) is 1.76. The SMILES string of the molecule is CC(C)(C)CNc1cccc(F)c1F. The van der Waals surface area contributed by atoms with Gasteiger partial charge >= 0.3 is 0 Å². The lowest BCUT2D eigenvalue weighted by Gasteiger charge is -2.19. The van der Waals surface area contributed by atoms with Gasteiger partial charge in [0.1, 0.15) is 0 Å². The second-order valence-electron chi connectivity index (χ2n) is 4.52. The summed E-state index contributed by atoms with van der Waals surface area (Å²) >= 11 is 0. The Kier molecular flexibility index (Phi) is 3.09. The Hall–Kier alpha value is -1.12. The number of halogens is 2. The van der Waals surface area contributed by atoms with E-state index in [1.165, 1.54) is 12.1 Å². The second kappa shape index (κ2) is 3.95. The van der Waals surface area contributed by atoms with Crippen molar-refractivity contribution < 1.29 is 8.78 Å². The highest BCUT2D eigenvalue weighted by Gasteiger charge is 2.12. The Morgan fingerprint density at radius 1 is 1.21 bits per heavy atom. The van der Waals surface area contributed by atoms with Crippen LogP contribution in [0.25, 0.3) is 0 Å². The molecule has 0 amide bonds. The van der Waals surface area contributed by atoms with E-state index in [1.54, 1.807) is 0 Å². The van der Waals surface area contributed by atoms with Gasteiger partial charge in [-0.3, -0.25) is 0 Å². The van der Waals surface area contributed by atoms with Crippen molar-refractivity contribution in [2.24, 2.45) is 5.41 Å². The van der Waals surface area contributed by atoms with Crippen molar-refractivity contribution in [3.8, 4) is 0 Å². The maximum atomic E-state index is 13.1. The molecule has 0 fully saturated rings. The summed E-state index contributed by atoms with van der Waals surface area (Å²) in [5, 5.41) is 2.88. The first-order chi connectivity index (χ1) is 6.40. The fraction of sp³-hybridized carbons (Fsp3) is 0.455. The van der Waals surface area contributed by atoms with Crippen LogP contribution in [0.2, 0.25) is 0 Å². The largest absolute Gasteiger partial charge is 0.382 e. The van der Waals surface area contributed by atoms with Gasteiger partial charge in [-0.1, -0.05) is 26.8 Å².